The second-order valence-electron chi connectivity index (χ2n) is 20.9. The van der Waals surface area contributed by atoms with Crippen LogP contribution in [0.15, 0.2) is 109 Å². The molecule has 1 fully saturated rings. The lowest BCUT2D eigenvalue weighted by molar-refractivity contribution is 0.125. The summed E-state index contributed by atoms with van der Waals surface area (Å²) in [6.07, 6.45) is 12.1. The van der Waals surface area contributed by atoms with E-state index < -0.39 is 0 Å². The van der Waals surface area contributed by atoms with E-state index in [1.54, 1.807) is 11.1 Å². The highest BCUT2D eigenvalue weighted by atomic mass is 15.0. The van der Waals surface area contributed by atoms with Crippen LogP contribution in [0.5, 0.6) is 0 Å². The molecule has 1 saturated carbocycles. The molecule has 2 atom stereocenters. The van der Waals surface area contributed by atoms with Crippen molar-refractivity contribution in [2.45, 2.75) is 129 Å². The van der Waals surface area contributed by atoms with Crippen molar-refractivity contribution in [1.29, 1.82) is 0 Å². The Labute approximate surface area is 361 Å². The van der Waals surface area contributed by atoms with E-state index >= 15 is 0 Å². The fraction of sp³-hybridized carbons (Fsp3) is 0.368. The van der Waals surface area contributed by atoms with E-state index in [0.717, 1.165) is 22.3 Å². The lowest BCUT2D eigenvalue weighted by Crippen LogP contribution is -2.42. The van der Waals surface area contributed by atoms with E-state index in [1.807, 2.05) is 13.8 Å². The summed E-state index contributed by atoms with van der Waals surface area (Å²) in [6.45, 7) is 23.4. The van der Waals surface area contributed by atoms with E-state index in [4.69, 9.17) is 9.97 Å². The summed E-state index contributed by atoms with van der Waals surface area (Å²) in [5, 5.41) is 5.10. The minimum absolute atomic E-state index is 0.110. The van der Waals surface area contributed by atoms with Crippen molar-refractivity contribution in [2.24, 2.45) is 5.41 Å². The number of pyridine rings is 2. The highest BCUT2D eigenvalue weighted by molar-refractivity contribution is 6.06. The average molecular weight is 801 g/mol. The summed E-state index contributed by atoms with van der Waals surface area (Å²) in [5.41, 5.74) is 19.5. The van der Waals surface area contributed by atoms with Crippen LogP contribution in [0.4, 0.5) is 0 Å². The molecular weight excluding hydrogens is 741 g/mol. The molecule has 0 saturated heterocycles. The molecule has 4 heterocycles. The molecule has 0 amide bonds. The van der Waals surface area contributed by atoms with Gasteiger partial charge in [0.25, 0.3) is 0 Å². The lowest BCUT2D eigenvalue weighted by atomic mass is 9.59. The maximum absolute atomic E-state index is 5.17. The summed E-state index contributed by atoms with van der Waals surface area (Å²) in [6, 6.07) is 36.1. The molecule has 4 aliphatic rings. The summed E-state index contributed by atoms with van der Waals surface area (Å²) in [4.78, 5) is 10.3. The van der Waals surface area contributed by atoms with E-state index in [0.29, 0.717) is 10.8 Å². The smallest absolute Gasteiger partial charge is 0.145 e. The molecule has 9 aromatic rings. The Kier molecular flexibility index (Phi) is 8.06. The molecule has 0 N–H and O–H groups in total. The van der Waals surface area contributed by atoms with Crippen molar-refractivity contribution in [3.05, 3.63) is 143 Å². The number of rotatable bonds is 1. The topological polar surface area (TPSA) is 34.6 Å². The minimum Gasteiger partial charge on any atom is -0.299 e. The maximum atomic E-state index is 5.17. The van der Waals surface area contributed by atoms with Crippen LogP contribution in [-0.2, 0) is 34.5 Å². The van der Waals surface area contributed by atoms with Gasteiger partial charge in [0, 0.05) is 28.7 Å². The van der Waals surface area contributed by atoms with Crippen LogP contribution in [0, 0.1) is 5.41 Å². The molecule has 61 heavy (non-hydrogen) atoms. The molecule has 4 aromatic heterocycles. The monoisotopic (exact) mass is 800 g/mol. The van der Waals surface area contributed by atoms with Gasteiger partial charge >= 0.3 is 0 Å². The van der Waals surface area contributed by atoms with Crippen LogP contribution in [0.2, 0.25) is 0 Å². The van der Waals surface area contributed by atoms with Crippen molar-refractivity contribution in [3.8, 4) is 11.1 Å². The van der Waals surface area contributed by atoms with Crippen LogP contribution in [0.1, 0.15) is 128 Å². The Morgan fingerprint density at radius 1 is 0.525 bits per heavy atom. The van der Waals surface area contributed by atoms with E-state index in [9.17, 15) is 0 Å². The van der Waals surface area contributed by atoms with Crippen LogP contribution in [-0.4, -0.2) is 18.8 Å². The third-order valence-electron chi connectivity index (χ3n) is 17.1. The molecule has 13 rings (SSSR count). The summed E-state index contributed by atoms with van der Waals surface area (Å²) in [7, 11) is 0. The van der Waals surface area contributed by atoms with Crippen LogP contribution in [0.3, 0.4) is 0 Å². The van der Waals surface area contributed by atoms with Gasteiger partial charge in [-0.1, -0.05) is 130 Å². The number of aryl methyl sites for hydroxylation is 2. The predicted octanol–water partition coefficient (Wildman–Crippen LogP) is 14.8. The first-order valence-corrected chi connectivity index (χ1v) is 23.0. The zero-order valence-corrected chi connectivity index (χ0v) is 37.9. The van der Waals surface area contributed by atoms with Gasteiger partial charge in [-0.25, -0.2) is 9.97 Å². The number of benzene rings is 5. The normalized spacial score (nSPS) is 22.4. The number of aromatic nitrogens is 4. The van der Waals surface area contributed by atoms with Crippen molar-refractivity contribution in [1.82, 2.24) is 18.8 Å². The highest BCUT2D eigenvalue weighted by Gasteiger charge is 2.57. The van der Waals surface area contributed by atoms with Gasteiger partial charge in [0.1, 0.15) is 11.3 Å². The molecule has 2 bridgehead atoms. The Morgan fingerprint density at radius 3 is 1.75 bits per heavy atom. The molecule has 0 spiro atoms. The molecule has 2 unspecified atom stereocenters. The fourth-order valence-electron chi connectivity index (χ4n) is 12.6. The Balaban J connectivity index is 0.000000133. The first-order chi connectivity index (χ1) is 29.2. The van der Waals surface area contributed by atoms with Crippen molar-refractivity contribution < 1.29 is 0 Å². The molecule has 0 radical (unpaired) electrons. The summed E-state index contributed by atoms with van der Waals surface area (Å²) in [5.74, 6) is 0. The second kappa shape index (κ2) is 12.8. The fourth-order valence-corrected chi connectivity index (χ4v) is 12.6. The minimum atomic E-state index is 0.110. The third kappa shape index (κ3) is 5.11. The predicted molar refractivity (Wildman–Crippen MR) is 258 cm³/mol. The van der Waals surface area contributed by atoms with Gasteiger partial charge in [0.15, 0.2) is 0 Å². The Bertz CT molecular complexity index is 3280. The van der Waals surface area contributed by atoms with E-state index in [-0.39, 0.29) is 16.2 Å². The molecule has 308 valence electrons. The average Bonchev–Trinajstić information content (AvgIpc) is 4.09. The maximum Gasteiger partial charge on any atom is 0.145 e. The zero-order valence-electron chi connectivity index (χ0n) is 37.9. The SMILES string of the molecule is CC.CC1(C)c2cc3nc4c5cc6c(cc5ccn4c3cc2C(C)(C)C1(C)C)CCC6.CC12CCC(C)(C1)c1cc3c(cc12)nc1c2ccccc2c(-c2ccccc2)cn31. The van der Waals surface area contributed by atoms with Crippen molar-refractivity contribution >= 4 is 54.9 Å². The van der Waals surface area contributed by atoms with Gasteiger partial charge in [-0.15, -0.1) is 0 Å². The zero-order chi connectivity index (χ0) is 42.4. The van der Waals surface area contributed by atoms with Crippen LogP contribution >= 0.6 is 0 Å². The van der Waals surface area contributed by atoms with Gasteiger partial charge < -0.3 is 0 Å². The van der Waals surface area contributed by atoms with Gasteiger partial charge in [0.2, 0.25) is 0 Å². The van der Waals surface area contributed by atoms with Gasteiger partial charge in [-0.05, 0) is 152 Å². The highest BCUT2D eigenvalue weighted by Crippen LogP contribution is 2.63. The van der Waals surface area contributed by atoms with Crippen LogP contribution in [0.25, 0.3) is 66.0 Å². The number of fused-ring (bicyclic) bond motifs is 17. The van der Waals surface area contributed by atoms with Gasteiger partial charge in [-0.3, -0.25) is 8.80 Å². The summed E-state index contributed by atoms with van der Waals surface area (Å²) < 4.78 is 4.64. The quantitative estimate of drug-likeness (QED) is 0.166. The molecular formula is C57H60N4. The second-order valence-corrected chi connectivity index (χ2v) is 20.9. The van der Waals surface area contributed by atoms with E-state index in [2.05, 4.69) is 174 Å². The first kappa shape index (κ1) is 38.4. The molecule has 4 heteroatoms. The first-order valence-electron chi connectivity index (χ1n) is 23.0. The number of imidazole rings is 2. The van der Waals surface area contributed by atoms with Gasteiger partial charge in [0.05, 0.1) is 22.1 Å². The molecule has 5 aromatic carbocycles. The third-order valence-corrected chi connectivity index (χ3v) is 17.1. The Hall–Kier alpha value is -5.48. The largest absolute Gasteiger partial charge is 0.299 e. The number of hydrogen-bond acceptors (Lipinski definition) is 2. The van der Waals surface area contributed by atoms with Crippen LogP contribution < -0.4 is 0 Å². The summed E-state index contributed by atoms with van der Waals surface area (Å²) >= 11 is 0. The Morgan fingerprint density at radius 2 is 1.07 bits per heavy atom. The van der Waals surface area contributed by atoms with Crippen molar-refractivity contribution in [2.75, 3.05) is 0 Å². The molecule has 4 aliphatic carbocycles. The number of nitrogens with zero attached hydrogens (tertiary/aromatic N) is 4. The standard InChI is InChI=1S/C28H24N2.C27H30N2.C2H6/c1-27-12-13-28(2,17-27)23-15-25-24(14-22(23)27)29-26-20-11-7-6-10-19(20)21(16-30(25)26)18-8-4-3-5-9-18;1-25(2)20-14-22-23(15-21(20)26(3,4)27(25,5)6)29-11-10-18-12-16-8-7-9-17(16)13-19(18)24(29)28-22;1-2/h3-11,14-16H,12-13,17H2,1-2H3;10-15H,7-9H2,1-6H3;1-2H3. The van der Waals surface area contributed by atoms with E-state index in [1.165, 1.54) is 104 Å². The van der Waals surface area contributed by atoms with Crippen molar-refractivity contribution in [3.63, 3.8) is 0 Å². The molecule has 0 aliphatic heterocycles. The lowest BCUT2D eigenvalue weighted by Gasteiger charge is -2.44. The number of hydrogen-bond donors (Lipinski definition) is 0. The van der Waals surface area contributed by atoms with Gasteiger partial charge in [-0.2, -0.15) is 0 Å². The molecule has 4 nitrogen and oxygen atoms in total.